The maximum atomic E-state index is 10.6. The molecule has 0 bridgehead atoms. The van der Waals surface area contributed by atoms with Crippen molar-refractivity contribution in [1.82, 2.24) is 4.90 Å². The Balaban J connectivity index is 3.31. The van der Waals surface area contributed by atoms with Gasteiger partial charge in [-0.25, -0.2) is 5.11 Å². The third-order valence-electron chi connectivity index (χ3n) is 1.41. The first-order chi connectivity index (χ1) is 4.20. The van der Waals surface area contributed by atoms with Gasteiger partial charge in [-0.15, -0.1) is 0 Å². The second-order valence-corrected chi connectivity index (χ2v) is 2.30. The lowest BCUT2D eigenvalue weighted by molar-refractivity contribution is 0.0680. The fourth-order valence-corrected chi connectivity index (χ4v) is 0.845. The molecule has 1 unspecified atom stereocenters. The van der Waals surface area contributed by atoms with Gasteiger partial charge in [-0.3, -0.25) is 0 Å². The summed E-state index contributed by atoms with van der Waals surface area (Å²) in [6, 6.07) is 0. The van der Waals surface area contributed by atoms with Gasteiger partial charge < -0.3 is 4.90 Å². The van der Waals surface area contributed by atoms with Crippen LogP contribution in [-0.2, 0) is 5.11 Å². The van der Waals surface area contributed by atoms with E-state index in [2.05, 4.69) is 18.7 Å². The summed E-state index contributed by atoms with van der Waals surface area (Å²) in [6.45, 7) is 8.52. The van der Waals surface area contributed by atoms with Crippen molar-refractivity contribution in [1.29, 1.82) is 0 Å². The fourth-order valence-electron chi connectivity index (χ4n) is 0.845. The molecule has 9 heavy (non-hydrogen) atoms. The number of rotatable bonds is 4. The molecule has 0 aliphatic heterocycles. The Labute approximate surface area is 57.5 Å². The van der Waals surface area contributed by atoms with Crippen LogP contribution in [0, 0.1) is 0 Å². The first kappa shape index (κ1) is 8.92. The Kier molecular flexibility index (Phi) is 4.72. The number of nitrogens with zero attached hydrogens (tertiary/aromatic N) is 1. The van der Waals surface area contributed by atoms with Crippen LogP contribution in [0.5, 0.6) is 0 Å². The van der Waals surface area contributed by atoms with Crippen molar-refractivity contribution in [2.45, 2.75) is 26.9 Å². The Bertz CT molecular complexity index is 59.9. The zero-order valence-corrected chi connectivity index (χ0v) is 6.55. The van der Waals surface area contributed by atoms with E-state index in [0.29, 0.717) is 6.54 Å². The molecule has 0 aromatic heterocycles. The Morgan fingerprint density at radius 3 is 1.89 bits per heavy atom. The van der Waals surface area contributed by atoms with Crippen molar-refractivity contribution in [3.63, 3.8) is 0 Å². The first-order valence-corrected chi connectivity index (χ1v) is 3.58. The molecule has 0 amide bonds. The molecule has 0 aromatic carbocycles. The minimum absolute atomic E-state index is 0.440. The maximum absolute atomic E-state index is 10.6. The van der Waals surface area contributed by atoms with Crippen LogP contribution < -0.4 is 0 Å². The zero-order valence-electron chi connectivity index (χ0n) is 6.55. The van der Waals surface area contributed by atoms with Gasteiger partial charge in [0.2, 0.25) is 0 Å². The minimum Gasteiger partial charge on any atom is -0.301 e. The van der Waals surface area contributed by atoms with E-state index in [1.54, 1.807) is 6.92 Å². The Morgan fingerprint density at radius 1 is 1.33 bits per heavy atom. The smallest absolute Gasteiger partial charge is 0.103 e. The van der Waals surface area contributed by atoms with Crippen molar-refractivity contribution in [2.24, 2.45) is 0 Å². The molecular weight excluding hydrogens is 114 g/mol. The summed E-state index contributed by atoms with van der Waals surface area (Å²) in [6.07, 6.45) is -0.440. The molecule has 0 rings (SSSR count). The zero-order chi connectivity index (χ0) is 7.28. The highest BCUT2D eigenvalue weighted by Crippen LogP contribution is 1.90. The number of hydrogen-bond acceptors (Lipinski definition) is 1. The van der Waals surface area contributed by atoms with Crippen LogP contribution in [-0.4, -0.2) is 30.6 Å². The van der Waals surface area contributed by atoms with Crippen LogP contribution in [0.1, 0.15) is 20.8 Å². The van der Waals surface area contributed by atoms with Crippen molar-refractivity contribution in [3.8, 4) is 0 Å². The minimum atomic E-state index is -0.440. The molecule has 0 aliphatic carbocycles. The van der Waals surface area contributed by atoms with Gasteiger partial charge >= 0.3 is 0 Å². The Morgan fingerprint density at radius 2 is 1.78 bits per heavy atom. The molecule has 0 N–H and O–H groups in total. The molecule has 1 atom stereocenters. The highest BCUT2D eigenvalue weighted by molar-refractivity contribution is 4.55. The van der Waals surface area contributed by atoms with E-state index >= 15 is 0 Å². The van der Waals surface area contributed by atoms with Crippen molar-refractivity contribution < 1.29 is 5.11 Å². The first-order valence-electron chi connectivity index (χ1n) is 3.58. The third kappa shape index (κ3) is 4.43. The molecule has 0 saturated carbocycles. The van der Waals surface area contributed by atoms with Gasteiger partial charge in [-0.2, -0.15) is 0 Å². The molecule has 0 aliphatic rings. The van der Waals surface area contributed by atoms with E-state index in [9.17, 15) is 5.11 Å². The van der Waals surface area contributed by atoms with Crippen molar-refractivity contribution >= 4 is 0 Å². The maximum Gasteiger partial charge on any atom is 0.103 e. The van der Waals surface area contributed by atoms with E-state index in [-0.39, 0.29) is 0 Å². The normalized spacial score (nSPS) is 14.3. The van der Waals surface area contributed by atoms with Gasteiger partial charge in [-0.05, 0) is 20.0 Å². The van der Waals surface area contributed by atoms with Crippen molar-refractivity contribution in [3.05, 3.63) is 0 Å². The molecule has 0 heterocycles. The predicted molar refractivity (Wildman–Crippen MR) is 37.9 cm³/mol. The summed E-state index contributed by atoms with van der Waals surface area (Å²) in [5.74, 6) is 0. The summed E-state index contributed by atoms with van der Waals surface area (Å²) in [5, 5.41) is 10.6. The molecule has 0 saturated heterocycles. The topological polar surface area (TPSA) is 23.1 Å². The molecule has 0 aromatic rings. The third-order valence-corrected chi connectivity index (χ3v) is 1.41. The lowest BCUT2D eigenvalue weighted by Crippen LogP contribution is -2.29. The summed E-state index contributed by atoms with van der Waals surface area (Å²) in [4.78, 5) is 2.14. The highest BCUT2D eigenvalue weighted by atomic mass is 16.3. The largest absolute Gasteiger partial charge is 0.301 e. The molecule has 0 fully saturated rings. The standard InChI is InChI=1S/C7H16NO/c1-4-8(5-2)6-7(3)9/h7H,4-6H2,1-3H3. The summed E-state index contributed by atoms with van der Waals surface area (Å²) >= 11 is 0. The Hall–Kier alpha value is -0.0800. The van der Waals surface area contributed by atoms with Gasteiger partial charge in [0.05, 0.1) is 0 Å². The molecular formula is C7H16NO. The summed E-state index contributed by atoms with van der Waals surface area (Å²) in [5.41, 5.74) is 0. The number of likely N-dealkylation sites (N-methyl/N-ethyl adjacent to an activating group) is 1. The van der Waals surface area contributed by atoms with E-state index in [0.717, 1.165) is 13.1 Å². The van der Waals surface area contributed by atoms with Gasteiger partial charge in [0.25, 0.3) is 0 Å². The molecule has 55 valence electrons. The monoisotopic (exact) mass is 130 g/mol. The van der Waals surface area contributed by atoms with Gasteiger partial charge in [0.15, 0.2) is 0 Å². The van der Waals surface area contributed by atoms with E-state index in [1.165, 1.54) is 0 Å². The molecule has 0 spiro atoms. The second kappa shape index (κ2) is 4.77. The highest BCUT2D eigenvalue weighted by Gasteiger charge is 2.02. The summed E-state index contributed by atoms with van der Waals surface area (Å²) in [7, 11) is 0. The number of hydrogen-bond donors (Lipinski definition) is 0. The lowest BCUT2D eigenvalue weighted by atomic mass is 10.3. The quantitative estimate of drug-likeness (QED) is 0.560. The predicted octanol–water partition coefficient (Wildman–Crippen LogP) is 1.15. The van der Waals surface area contributed by atoms with E-state index < -0.39 is 6.10 Å². The van der Waals surface area contributed by atoms with E-state index in [1.807, 2.05) is 0 Å². The van der Waals surface area contributed by atoms with Crippen LogP contribution >= 0.6 is 0 Å². The molecule has 2 nitrogen and oxygen atoms in total. The van der Waals surface area contributed by atoms with Gasteiger partial charge in [-0.1, -0.05) is 13.8 Å². The average Bonchev–Trinajstić information content (AvgIpc) is 1.82. The van der Waals surface area contributed by atoms with Crippen LogP contribution in [0.2, 0.25) is 0 Å². The van der Waals surface area contributed by atoms with Crippen LogP contribution in [0.4, 0.5) is 0 Å². The molecule has 1 radical (unpaired) electrons. The summed E-state index contributed by atoms with van der Waals surface area (Å²) < 4.78 is 0. The van der Waals surface area contributed by atoms with Crippen LogP contribution in [0.15, 0.2) is 0 Å². The SMILES string of the molecule is CCN(CC)CC(C)[O]. The molecule has 2 heteroatoms. The van der Waals surface area contributed by atoms with Crippen LogP contribution in [0.25, 0.3) is 0 Å². The van der Waals surface area contributed by atoms with E-state index in [4.69, 9.17) is 0 Å². The van der Waals surface area contributed by atoms with Gasteiger partial charge in [0.1, 0.15) is 6.10 Å². The average molecular weight is 130 g/mol. The van der Waals surface area contributed by atoms with Gasteiger partial charge in [0, 0.05) is 6.54 Å². The lowest BCUT2D eigenvalue weighted by Gasteiger charge is -2.17. The van der Waals surface area contributed by atoms with Crippen molar-refractivity contribution in [2.75, 3.05) is 19.6 Å². The second-order valence-electron chi connectivity index (χ2n) is 2.30. The van der Waals surface area contributed by atoms with Crippen LogP contribution in [0.3, 0.4) is 0 Å². The fraction of sp³-hybridized carbons (Fsp3) is 1.00.